The summed E-state index contributed by atoms with van der Waals surface area (Å²) in [7, 11) is 0. The van der Waals surface area contributed by atoms with Crippen LogP contribution in [0.4, 0.5) is 18.0 Å². The van der Waals surface area contributed by atoms with Crippen LogP contribution in [0.2, 0.25) is 0 Å². The van der Waals surface area contributed by atoms with E-state index in [1.165, 1.54) is 6.07 Å². The van der Waals surface area contributed by atoms with E-state index in [4.69, 9.17) is 0 Å². The van der Waals surface area contributed by atoms with Gasteiger partial charge >= 0.3 is 12.0 Å². The van der Waals surface area contributed by atoms with Gasteiger partial charge in [-0.05, 0) is 23.8 Å². The van der Waals surface area contributed by atoms with E-state index in [0.29, 0.717) is 4.47 Å². The number of ether oxygens (including phenoxy) is 1. The van der Waals surface area contributed by atoms with E-state index < -0.39 is 30.5 Å². The molecule has 92 valence electrons. The van der Waals surface area contributed by atoms with Crippen molar-refractivity contribution in [3.8, 4) is 0 Å². The lowest BCUT2D eigenvalue weighted by atomic mass is 10.00. The molecular formula is C10H7BrF3NO2. The van der Waals surface area contributed by atoms with Crippen molar-refractivity contribution >= 4 is 22.0 Å². The first-order chi connectivity index (χ1) is 7.88. The Morgan fingerprint density at radius 3 is 2.76 bits per heavy atom. The molecule has 0 saturated carbocycles. The van der Waals surface area contributed by atoms with Crippen molar-refractivity contribution in [1.82, 2.24) is 5.32 Å². The fourth-order valence-corrected chi connectivity index (χ4v) is 2.06. The summed E-state index contributed by atoms with van der Waals surface area (Å²) in [6.07, 6.45) is -0.943. The molecule has 1 saturated heterocycles. The Hall–Kier alpha value is -1.24. The average Bonchev–Trinajstić information content (AvgIpc) is 2.20. The van der Waals surface area contributed by atoms with Gasteiger partial charge in [-0.2, -0.15) is 0 Å². The highest BCUT2D eigenvalue weighted by atomic mass is 79.9. The summed E-state index contributed by atoms with van der Waals surface area (Å²) in [6.45, 7) is -1.02. The van der Waals surface area contributed by atoms with Crippen LogP contribution in [-0.2, 0) is 4.74 Å². The summed E-state index contributed by atoms with van der Waals surface area (Å²) in [5.41, 5.74) is -0.0153. The van der Waals surface area contributed by atoms with Gasteiger partial charge in [-0.1, -0.05) is 15.9 Å². The molecule has 0 unspecified atom stereocenters. The molecule has 1 atom stereocenters. The predicted octanol–water partition coefficient (Wildman–Crippen LogP) is 3.00. The van der Waals surface area contributed by atoms with Crippen molar-refractivity contribution < 1.29 is 22.7 Å². The molecule has 2 rings (SSSR count). The molecule has 1 amide bonds. The first-order valence-electron chi connectivity index (χ1n) is 4.65. The Morgan fingerprint density at radius 1 is 1.41 bits per heavy atom. The maximum Gasteiger partial charge on any atom is 0.408 e. The topological polar surface area (TPSA) is 38.3 Å². The number of amides is 1. The number of nitrogens with one attached hydrogen (secondary N) is 1. The van der Waals surface area contributed by atoms with E-state index in [-0.39, 0.29) is 5.56 Å². The molecule has 1 fully saturated rings. The summed E-state index contributed by atoms with van der Waals surface area (Å²) < 4.78 is 44.7. The van der Waals surface area contributed by atoms with Gasteiger partial charge in [-0.15, -0.1) is 0 Å². The standard InChI is InChI=1S/C10H7BrF3NO2/c11-6-1-5(2-7(12)3-6)8-10(13,14)4-17-9(16)15-8/h1-3,8H,4H2,(H,15,16)/t8-/m0/s1. The summed E-state index contributed by atoms with van der Waals surface area (Å²) in [5.74, 6) is -3.94. The van der Waals surface area contributed by atoms with Crippen LogP contribution in [0.1, 0.15) is 11.6 Å². The van der Waals surface area contributed by atoms with Crippen molar-refractivity contribution in [1.29, 1.82) is 0 Å². The molecule has 1 aromatic carbocycles. The van der Waals surface area contributed by atoms with Crippen molar-refractivity contribution in [2.75, 3.05) is 6.61 Å². The third kappa shape index (κ3) is 2.54. The van der Waals surface area contributed by atoms with Crippen LogP contribution in [0, 0.1) is 5.82 Å². The predicted molar refractivity (Wildman–Crippen MR) is 56.3 cm³/mol. The average molecular weight is 310 g/mol. The molecule has 1 N–H and O–H groups in total. The molecule has 0 bridgehead atoms. The molecule has 0 spiro atoms. The zero-order chi connectivity index (χ0) is 12.6. The Labute approximate surface area is 103 Å². The number of cyclic esters (lactones) is 1. The van der Waals surface area contributed by atoms with Gasteiger partial charge in [-0.3, -0.25) is 0 Å². The molecule has 0 aromatic heterocycles. The zero-order valence-corrected chi connectivity index (χ0v) is 9.93. The number of benzene rings is 1. The molecule has 1 aromatic rings. The third-order valence-corrected chi connectivity index (χ3v) is 2.76. The quantitative estimate of drug-likeness (QED) is 0.866. The Morgan fingerprint density at radius 2 is 2.12 bits per heavy atom. The van der Waals surface area contributed by atoms with Crippen molar-refractivity contribution in [3.63, 3.8) is 0 Å². The van der Waals surface area contributed by atoms with Crippen molar-refractivity contribution in [2.24, 2.45) is 0 Å². The number of hydrogen-bond donors (Lipinski definition) is 1. The van der Waals surface area contributed by atoms with Gasteiger partial charge in [0.2, 0.25) is 0 Å². The second-order valence-electron chi connectivity index (χ2n) is 3.62. The Kier molecular flexibility index (Phi) is 3.03. The number of alkyl carbamates (subject to hydrolysis) is 1. The SMILES string of the molecule is O=C1N[C@@H](c2cc(F)cc(Br)c2)C(F)(F)CO1. The minimum Gasteiger partial charge on any atom is -0.443 e. The van der Waals surface area contributed by atoms with Crippen molar-refractivity contribution in [2.45, 2.75) is 12.0 Å². The van der Waals surface area contributed by atoms with Gasteiger partial charge < -0.3 is 10.1 Å². The van der Waals surface area contributed by atoms with Gasteiger partial charge in [0.15, 0.2) is 6.61 Å². The number of carbonyl (C=O) groups is 1. The molecule has 0 radical (unpaired) electrons. The van der Waals surface area contributed by atoms with Gasteiger partial charge in [0.05, 0.1) is 0 Å². The largest absolute Gasteiger partial charge is 0.443 e. The Bertz CT molecular complexity index is 447. The molecule has 0 aliphatic carbocycles. The van der Waals surface area contributed by atoms with E-state index in [9.17, 15) is 18.0 Å². The minimum absolute atomic E-state index is 0.0153. The van der Waals surface area contributed by atoms with E-state index in [1.807, 2.05) is 5.32 Å². The van der Waals surface area contributed by atoms with Gasteiger partial charge in [0.25, 0.3) is 0 Å². The van der Waals surface area contributed by atoms with Crippen LogP contribution in [0.3, 0.4) is 0 Å². The second kappa shape index (κ2) is 4.21. The van der Waals surface area contributed by atoms with Gasteiger partial charge in [0.1, 0.15) is 11.9 Å². The van der Waals surface area contributed by atoms with Crippen LogP contribution < -0.4 is 5.32 Å². The van der Waals surface area contributed by atoms with Crippen LogP contribution in [-0.4, -0.2) is 18.6 Å². The fourth-order valence-electron chi connectivity index (χ4n) is 1.58. The molecule has 1 aliphatic heterocycles. The van der Waals surface area contributed by atoms with E-state index >= 15 is 0 Å². The monoisotopic (exact) mass is 309 g/mol. The number of carbonyl (C=O) groups excluding carboxylic acids is 1. The third-order valence-electron chi connectivity index (χ3n) is 2.30. The summed E-state index contributed by atoms with van der Waals surface area (Å²) in [5, 5.41) is 1.98. The fraction of sp³-hybridized carbons (Fsp3) is 0.300. The summed E-state index contributed by atoms with van der Waals surface area (Å²) in [6, 6.07) is 1.83. The van der Waals surface area contributed by atoms with Crippen LogP contribution in [0.5, 0.6) is 0 Å². The highest BCUT2D eigenvalue weighted by molar-refractivity contribution is 9.10. The van der Waals surface area contributed by atoms with E-state index in [2.05, 4.69) is 20.7 Å². The first kappa shape index (κ1) is 12.2. The first-order valence-corrected chi connectivity index (χ1v) is 5.45. The lowest BCUT2D eigenvalue weighted by molar-refractivity contribution is -0.104. The van der Waals surface area contributed by atoms with Crippen LogP contribution >= 0.6 is 15.9 Å². The minimum atomic E-state index is -3.28. The number of rotatable bonds is 1. The van der Waals surface area contributed by atoms with Gasteiger partial charge in [-0.25, -0.2) is 18.0 Å². The van der Waals surface area contributed by atoms with E-state index in [0.717, 1.165) is 12.1 Å². The molecule has 3 nitrogen and oxygen atoms in total. The van der Waals surface area contributed by atoms with Gasteiger partial charge in [0, 0.05) is 4.47 Å². The molecular weight excluding hydrogens is 303 g/mol. The number of alkyl halides is 2. The number of hydrogen-bond acceptors (Lipinski definition) is 2. The second-order valence-corrected chi connectivity index (χ2v) is 4.53. The van der Waals surface area contributed by atoms with E-state index in [1.54, 1.807) is 0 Å². The van der Waals surface area contributed by atoms with Crippen molar-refractivity contribution in [3.05, 3.63) is 34.1 Å². The maximum absolute atomic E-state index is 13.5. The Balaban J connectivity index is 2.39. The molecule has 1 heterocycles. The normalized spacial score (nSPS) is 22.8. The highest BCUT2D eigenvalue weighted by Gasteiger charge is 2.46. The molecule has 1 aliphatic rings. The number of halogens is 4. The summed E-state index contributed by atoms with van der Waals surface area (Å²) in [4.78, 5) is 10.9. The smallest absolute Gasteiger partial charge is 0.408 e. The lowest BCUT2D eigenvalue weighted by Gasteiger charge is -2.31. The van der Waals surface area contributed by atoms with Crippen LogP contribution in [0.15, 0.2) is 22.7 Å². The zero-order valence-electron chi connectivity index (χ0n) is 8.34. The molecule has 7 heteroatoms. The molecule has 17 heavy (non-hydrogen) atoms. The lowest BCUT2D eigenvalue weighted by Crippen LogP contribution is -2.49. The summed E-state index contributed by atoms with van der Waals surface area (Å²) >= 11 is 3.00. The highest BCUT2D eigenvalue weighted by Crippen LogP contribution is 2.35. The van der Waals surface area contributed by atoms with Crippen LogP contribution in [0.25, 0.3) is 0 Å². The maximum atomic E-state index is 13.5.